The predicted octanol–water partition coefficient (Wildman–Crippen LogP) is 2.96. The van der Waals surface area contributed by atoms with Crippen LogP contribution in [0.5, 0.6) is 5.75 Å². The third-order valence-electron chi connectivity index (χ3n) is 3.97. The van der Waals surface area contributed by atoms with Crippen molar-refractivity contribution in [2.75, 3.05) is 6.61 Å². The van der Waals surface area contributed by atoms with Crippen molar-refractivity contribution in [2.45, 2.75) is 20.1 Å². The van der Waals surface area contributed by atoms with Crippen LogP contribution in [-0.4, -0.2) is 27.1 Å². The molecule has 0 saturated carbocycles. The number of ether oxygens (including phenoxy) is 2. The Kier molecular flexibility index (Phi) is 5.50. The van der Waals surface area contributed by atoms with E-state index in [4.69, 9.17) is 14.7 Å². The minimum Gasteiger partial charge on any atom is -0.486 e. The van der Waals surface area contributed by atoms with E-state index in [9.17, 15) is 14.9 Å². The molecule has 1 aromatic heterocycles. The normalized spacial score (nSPS) is 10.4. The van der Waals surface area contributed by atoms with Gasteiger partial charge in [-0.2, -0.15) is 5.26 Å². The third kappa shape index (κ3) is 4.07. The van der Waals surface area contributed by atoms with Crippen molar-refractivity contribution in [2.24, 2.45) is 0 Å². The van der Waals surface area contributed by atoms with Gasteiger partial charge in [0.1, 0.15) is 24.7 Å². The van der Waals surface area contributed by atoms with Crippen LogP contribution in [0.15, 0.2) is 42.5 Å². The van der Waals surface area contributed by atoms with E-state index in [1.54, 1.807) is 35.8 Å². The second-order valence-corrected chi connectivity index (χ2v) is 5.77. The zero-order valence-electron chi connectivity index (χ0n) is 15.0. The molecule has 0 aliphatic rings. The van der Waals surface area contributed by atoms with Crippen LogP contribution in [0, 0.1) is 21.4 Å². The molecule has 0 bridgehead atoms. The lowest BCUT2D eigenvalue weighted by atomic mass is 10.2. The van der Waals surface area contributed by atoms with Gasteiger partial charge in [-0.1, -0.05) is 0 Å². The molecular weight excluding hydrogens is 364 g/mol. The zero-order chi connectivity index (χ0) is 20.1. The Labute approximate surface area is 159 Å². The number of hydrogen-bond donors (Lipinski definition) is 0. The zero-order valence-corrected chi connectivity index (χ0v) is 15.0. The number of benzene rings is 2. The summed E-state index contributed by atoms with van der Waals surface area (Å²) < 4.78 is 12.2. The summed E-state index contributed by atoms with van der Waals surface area (Å²) in [6, 6.07) is 12.8. The van der Waals surface area contributed by atoms with E-state index in [-0.39, 0.29) is 25.4 Å². The van der Waals surface area contributed by atoms with E-state index in [2.05, 4.69) is 4.98 Å². The van der Waals surface area contributed by atoms with E-state index in [0.717, 1.165) is 0 Å². The van der Waals surface area contributed by atoms with Crippen molar-refractivity contribution in [3.63, 3.8) is 0 Å². The number of carbonyl (C=O) groups excluding carboxylic acids is 1. The van der Waals surface area contributed by atoms with Crippen LogP contribution in [0.4, 0.5) is 5.69 Å². The van der Waals surface area contributed by atoms with Gasteiger partial charge in [-0.25, -0.2) is 4.98 Å². The second kappa shape index (κ2) is 8.18. The van der Waals surface area contributed by atoms with Gasteiger partial charge in [0.05, 0.1) is 34.2 Å². The first kappa shape index (κ1) is 18.8. The molecule has 0 unspecified atom stereocenters. The fourth-order valence-electron chi connectivity index (χ4n) is 2.67. The summed E-state index contributed by atoms with van der Waals surface area (Å²) in [6.45, 7) is 1.82. The quantitative estimate of drug-likeness (QED) is 0.351. The van der Waals surface area contributed by atoms with Gasteiger partial charge in [0, 0.05) is 12.1 Å². The molecule has 1 heterocycles. The first-order valence-corrected chi connectivity index (χ1v) is 8.44. The molecule has 3 aromatic rings. The van der Waals surface area contributed by atoms with Gasteiger partial charge in [-0.15, -0.1) is 0 Å². The number of nitro benzene ring substituents is 1. The van der Waals surface area contributed by atoms with Crippen molar-refractivity contribution >= 4 is 22.7 Å². The van der Waals surface area contributed by atoms with Crippen LogP contribution in [-0.2, 0) is 22.7 Å². The van der Waals surface area contributed by atoms with Crippen molar-refractivity contribution in [1.82, 2.24) is 9.55 Å². The standard InChI is InChI=1S/C19H16N4O5/c1-2-27-19(24)11-22-17-9-14(23(25)26)5-8-16(17)21-18(22)12-28-15-6-3-13(10-20)4-7-15/h3-9H,2,11-12H2,1H3. The molecule has 0 aliphatic carbocycles. The number of aromatic nitrogens is 2. The number of rotatable bonds is 7. The van der Waals surface area contributed by atoms with Crippen molar-refractivity contribution in [3.8, 4) is 11.8 Å². The molecule has 0 spiro atoms. The molecule has 0 fully saturated rings. The number of carbonyl (C=O) groups is 1. The molecule has 0 atom stereocenters. The fourth-order valence-corrected chi connectivity index (χ4v) is 2.67. The van der Waals surface area contributed by atoms with Crippen molar-refractivity contribution in [3.05, 3.63) is 64.0 Å². The van der Waals surface area contributed by atoms with Crippen LogP contribution in [0.1, 0.15) is 18.3 Å². The topological polar surface area (TPSA) is 120 Å². The molecule has 28 heavy (non-hydrogen) atoms. The van der Waals surface area contributed by atoms with Crippen LogP contribution < -0.4 is 4.74 Å². The average molecular weight is 380 g/mol. The lowest BCUT2D eigenvalue weighted by Gasteiger charge is -2.10. The van der Waals surface area contributed by atoms with Gasteiger partial charge in [-0.3, -0.25) is 14.9 Å². The fraction of sp³-hybridized carbons (Fsp3) is 0.211. The van der Waals surface area contributed by atoms with E-state index >= 15 is 0 Å². The van der Waals surface area contributed by atoms with Crippen LogP contribution in [0.2, 0.25) is 0 Å². The lowest BCUT2D eigenvalue weighted by molar-refractivity contribution is -0.384. The van der Waals surface area contributed by atoms with Crippen LogP contribution in [0.25, 0.3) is 11.0 Å². The third-order valence-corrected chi connectivity index (χ3v) is 3.97. The molecule has 0 saturated heterocycles. The summed E-state index contributed by atoms with van der Waals surface area (Å²) in [5.74, 6) is 0.473. The number of nitriles is 1. The highest BCUT2D eigenvalue weighted by molar-refractivity contribution is 5.81. The maximum atomic E-state index is 12.0. The Hall–Kier alpha value is -3.93. The summed E-state index contributed by atoms with van der Waals surface area (Å²) in [4.78, 5) is 27.0. The molecular formula is C19H16N4O5. The maximum absolute atomic E-state index is 12.0. The van der Waals surface area contributed by atoms with Gasteiger partial charge in [-0.05, 0) is 37.3 Å². The second-order valence-electron chi connectivity index (χ2n) is 5.77. The Balaban J connectivity index is 1.93. The van der Waals surface area contributed by atoms with Crippen LogP contribution in [0.3, 0.4) is 0 Å². The largest absolute Gasteiger partial charge is 0.486 e. The Morgan fingerprint density at radius 1 is 1.29 bits per heavy atom. The SMILES string of the molecule is CCOC(=O)Cn1c(COc2ccc(C#N)cc2)nc2ccc([N+](=O)[O-])cc21. The Morgan fingerprint density at radius 3 is 2.68 bits per heavy atom. The monoisotopic (exact) mass is 380 g/mol. The summed E-state index contributed by atoms with van der Waals surface area (Å²) >= 11 is 0. The van der Waals surface area contributed by atoms with E-state index < -0.39 is 10.9 Å². The molecule has 0 N–H and O–H groups in total. The molecule has 142 valence electrons. The molecule has 0 radical (unpaired) electrons. The first-order chi connectivity index (χ1) is 13.5. The van der Waals surface area contributed by atoms with E-state index in [1.165, 1.54) is 18.2 Å². The minimum absolute atomic E-state index is 0.0355. The number of hydrogen-bond acceptors (Lipinski definition) is 7. The number of nitrogens with zero attached hydrogens (tertiary/aromatic N) is 4. The number of fused-ring (bicyclic) bond motifs is 1. The van der Waals surface area contributed by atoms with Gasteiger partial charge >= 0.3 is 5.97 Å². The van der Waals surface area contributed by atoms with Gasteiger partial charge in [0.2, 0.25) is 0 Å². The summed E-state index contributed by atoms with van der Waals surface area (Å²) in [5.41, 5.74) is 1.36. The van der Waals surface area contributed by atoms with Gasteiger partial charge in [0.15, 0.2) is 0 Å². The van der Waals surface area contributed by atoms with Crippen molar-refractivity contribution in [1.29, 1.82) is 5.26 Å². The number of imidazole rings is 1. The van der Waals surface area contributed by atoms with E-state index in [0.29, 0.717) is 28.2 Å². The molecule has 3 rings (SSSR count). The highest BCUT2D eigenvalue weighted by Crippen LogP contribution is 2.23. The summed E-state index contributed by atoms with van der Waals surface area (Å²) in [5, 5.41) is 19.9. The summed E-state index contributed by atoms with van der Waals surface area (Å²) in [6.07, 6.45) is 0. The molecule has 0 amide bonds. The molecule has 0 aliphatic heterocycles. The number of nitro groups is 1. The molecule has 2 aromatic carbocycles. The van der Waals surface area contributed by atoms with Crippen molar-refractivity contribution < 1.29 is 19.2 Å². The van der Waals surface area contributed by atoms with Gasteiger partial charge in [0.25, 0.3) is 5.69 Å². The maximum Gasteiger partial charge on any atom is 0.326 e. The summed E-state index contributed by atoms with van der Waals surface area (Å²) in [7, 11) is 0. The Morgan fingerprint density at radius 2 is 2.04 bits per heavy atom. The first-order valence-electron chi connectivity index (χ1n) is 8.44. The average Bonchev–Trinajstić information content (AvgIpc) is 3.03. The van der Waals surface area contributed by atoms with Crippen LogP contribution >= 0.6 is 0 Å². The molecule has 9 nitrogen and oxygen atoms in total. The van der Waals surface area contributed by atoms with Gasteiger partial charge < -0.3 is 14.0 Å². The highest BCUT2D eigenvalue weighted by atomic mass is 16.6. The minimum atomic E-state index is -0.506. The predicted molar refractivity (Wildman–Crippen MR) is 98.5 cm³/mol. The number of non-ortho nitro benzene ring substituents is 1. The highest BCUT2D eigenvalue weighted by Gasteiger charge is 2.18. The number of esters is 1. The smallest absolute Gasteiger partial charge is 0.326 e. The van der Waals surface area contributed by atoms with E-state index in [1.807, 2.05) is 6.07 Å². The molecule has 9 heteroatoms. The Bertz CT molecular complexity index is 1070. The lowest BCUT2D eigenvalue weighted by Crippen LogP contribution is -2.16.